The van der Waals surface area contributed by atoms with Crippen LogP contribution in [0.3, 0.4) is 0 Å². The standard InChI is InChI=1S/C15H31N3O3/c1-10-9-20-11(2)8-18(10)13(7-16)12(3)17-14(19)21-15(4,5)6/h10-13H,7-9,16H2,1-6H3,(H,17,19). The predicted octanol–water partition coefficient (Wildman–Crippen LogP) is 1.34. The second-order valence-corrected chi connectivity index (χ2v) is 6.93. The average Bonchev–Trinajstić information content (AvgIpc) is 2.31. The van der Waals surface area contributed by atoms with Gasteiger partial charge in [-0.15, -0.1) is 0 Å². The van der Waals surface area contributed by atoms with E-state index in [1.54, 1.807) is 0 Å². The Kier molecular flexibility index (Phi) is 6.43. The van der Waals surface area contributed by atoms with E-state index in [1.807, 2.05) is 27.7 Å². The summed E-state index contributed by atoms with van der Waals surface area (Å²) in [6.07, 6.45) is -0.216. The Morgan fingerprint density at radius 3 is 2.62 bits per heavy atom. The molecule has 1 fully saturated rings. The van der Waals surface area contributed by atoms with Gasteiger partial charge in [-0.05, 0) is 41.5 Å². The molecule has 1 aliphatic rings. The van der Waals surface area contributed by atoms with E-state index in [0.717, 1.165) is 6.54 Å². The van der Waals surface area contributed by atoms with Crippen LogP contribution in [0.5, 0.6) is 0 Å². The number of morpholine rings is 1. The summed E-state index contributed by atoms with van der Waals surface area (Å²) in [6, 6.07) is 0.272. The van der Waals surface area contributed by atoms with Crippen LogP contribution in [-0.4, -0.2) is 60.5 Å². The van der Waals surface area contributed by atoms with Crippen molar-refractivity contribution < 1.29 is 14.3 Å². The Balaban J connectivity index is 2.63. The monoisotopic (exact) mass is 301 g/mol. The van der Waals surface area contributed by atoms with E-state index in [2.05, 4.69) is 24.1 Å². The molecule has 3 N–H and O–H groups in total. The first-order chi connectivity index (χ1) is 9.64. The number of hydrogen-bond acceptors (Lipinski definition) is 5. The van der Waals surface area contributed by atoms with Crippen LogP contribution in [0.4, 0.5) is 4.79 Å². The van der Waals surface area contributed by atoms with Crippen molar-refractivity contribution in [1.29, 1.82) is 0 Å². The minimum Gasteiger partial charge on any atom is -0.444 e. The summed E-state index contributed by atoms with van der Waals surface area (Å²) in [6.45, 7) is 13.7. The SMILES string of the molecule is CC1CN(C(CN)C(C)NC(=O)OC(C)(C)C)C(C)CO1. The summed E-state index contributed by atoms with van der Waals surface area (Å²) in [5.41, 5.74) is 5.44. The highest BCUT2D eigenvalue weighted by molar-refractivity contribution is 5.68. The maximum Gasteiger partial charge on any atom is 0.407 e. The summed E-state index contributed by atoms with van der Waals surface area (Å²) in [4.78, 5) is 14.2. The average molecular weight is 301 g/mol. The molecule has 0 spiro atoms. The van der Waals surface area contributed by atoms with Crippen molar-refractivity contribution in [1.82, 2.24) is 10.2 Å². The van der Waals surface area contributed by atoms with Crippen LogP contribution in [0.25, 0.3) is 0 Å². The zero-order valence-electron chi connectivity index (χ0n) is 14.2. The number of hydrogen-bond donors (Lipinski definition) is 2. The molecule has 0 aromatic rings. The Labute approximate surface area is 128 Å². The first-order valence-corrected chi connectivity index (χ1v) is 7.71. The van der Waals surface area contributed by atoms with Gasteiger partial charge in [0.15, 0.2) is 0 Å². The predicted molar refractivity (Wildman–Crippen MR) is 83.3 cm³/mol. The Hall–Kier alpha value is -0.850. The number of carbonyl (C=O) groups excluding carboxylic acids is 1. The summed E-state index contributed by atoms with van der Waals surface area (Å²) in [5, 5.41) is 2.90. The lowest BCUT2D eigenvalue weighted by Gasteiger charge is -2.43. The van der Waals surface area contributed by atoms with Crippen molar-refractivity contribution in [3.05, 3.63) is 0 Å². The molecule has 124 valence electrons. The van der Waals surface area contributed by atoms with Crippen molar-refractivity contribution in [3.63, 3.8) is 0 Å². The van der Waals surface area contributed by atoms with Gasteiger partial charge in [0.1, 0.15) is 5.60 Å². The van der Waals surface area contributed by atoms with Gasteiger partial charge in [0.2, 0.25) is 0 Å². The van der Waals surface area contributed by atoms with Gasteiger partial charge < -0.3 is 20.5 Å². The van der Waals surface area contributed by atoms with E-state index >= 15 is 0 Å². The molecular weight excluding hydrogens is 270 g/mol. The van der Waals surface area contributed by atoms with E-state index < -0.39 is 11.7 Å². The van der Waals surface area contributed by atoms with Gasteiger partial charge in [0.05, 0.1) is 12.7 Å². The molecule has 1 aliphatic heterocycles. The molecule has 1 rings (SSSR count). The van der Waals surface area contributed by atoms with E-state index in [0.29, 0.717) is 13.2 Å². The third-order valence-electron chi connectivity index (χ3n) is 3.65. The van der Waals surface area contributed by atoms with E-state index in [1.165, 1.54) is 0 Å². The van der Waals surface area contributed by atoms with Crippen LogP contribution >= 0.6 is 0 Å². The second-order valence-electron chi connectivity index (χ2n) is 6.93. The number of amides is 1. The topological polar surface area (TPSA) is 76.8 Å². The van der Waals surface area contributed by atoms with Gasteiger partial charge in [-0.2, -0.15) is 0 Å². The number of nitrogens with one attached hydrogen (secondary N) is 1. The smallest absolute Gasteiger partial charge is 0.407 e. The summed E-state index contributed by atoms with van der Waals surface area (Å²) in [7, 11) is 0. The lowest BCUT2D eigenvalue weighted by atomic mass is 10.0. The van der Waals surface area contributed by atoms with E-state index in [9.17, 15) is 4.79 Å². The van der Waals surface area contributed by atoms with Gasteiger partial charge in [-0.3, -0.25) is 4.90 Å². The van der Waals surface area contributed by atoms with Crippen molar-refractivity contribution in [3.8, 4) is 0 Å². The molecule has 1 saturated heterocycles. The molecular formula is C15H31N3O3. The van der Waals surface area contributed by atoms with Gasteiger partial charge in [0.25, 0.3) is 0 Å². The molecule has 6 nitrogen and oxygen atoms in total. The van der Waals surface area contributed by atoms with Crippen molar-refractivity contribution in [2.24, 2.45) is 5.73 Å². The molecule has 0 bridgehead atoms. The summed E-state index contributed by atoms with van der Waals surface area (Å²) < 4.78 is 11.0. The van der Waals surface area contributed by atoms with Crippen LogP contribution in [-0.2, 0) is 9.47 Å². The van der Waals surface area contributed by atoms with Crippen LogP contribution in [0.1, 0.15) is 41.5 Å². The fourth-order valence-electron chi connectivity index (χ4n) is 2.61. The van der Waals surface area contributed by atoms with Gasteiger partial charge in [-0.1, -0.05) is 0 Å². The molecule has 1 amide bonds. The fraction of sp³-hybridized carbons (Fsp3) is 0.933. The third kappa shape index (κ3) is 5.80. The molecule has 0 radical (unpaired) electrons. The zero-order chi connectivity index (χ0) is 16.2. The lowest BCUT2D eigenvalue weighted by Crippen LogP contribution is -2.61. The molecule has 0 saturated carbocycles. The van der Waals surface area contributed by atoms with Crippen molar-refractivity contribution >= 4 is 6.09 Å². The fourth-order valence-corrected chi connectivity index (χ4v) is 2.61. The largest absolute Gasteiger partial charge is 0.444 e. The zero-order valence-corrected chi connectivity index (χ0v) is 14.2. The Morgan fingerprint density at radius 2 is 2.10 bits per heavy atom. The Morgan fingerprint density at radius 1 is 1.48 bits per heavy atom. The number of nitrogens with two attached hydrogens (primary N) is 1. The highest BCUT2D eigenvalue weighted by Gasteiger charge is 2.33. The molecule has 4 unspecified atom stereocenters. The molecule has 1 heterocycles. The van der Waals surface area contributed by atoms with Crippen LogP contribution in [0.2, 0.25) is 0 Å². The maximum absolute atomic E-state index is 11.9. The lowest BCUT2D eigenvalue weighted by molar-refractivity contribution is -0.0690. The van der Waals surface area contributed by atoms with Gasteiger partial charge in [-0.25, -0.2) is 4.79 Å². The molecule has 0 aromatic carbocycles. The molecule has 0 aromatic heterocycles. The minimum atomic E-state index is -0.497. The quantitative estimate of drug-likeness (QED) is 0.819. The third-order valence-corrected chi connectivity index (χ3v) is 3.65. The molecule has 0 aliphatic carbocycles. The maximum atomic E-state index is 11.9. The van der Waals surface area contributed by atoms with Crippen molar-refractivity contribution in [2.75, 3.05) is 19.7 Å². The van der Waals surface area contributed by atoms with E-state index in [-0.39, 0.29) is 24.2 Å². The van der Waals surface area contributed by atoms with Crippen LogP contribution in [0, 0.1) is 0 Å². The molecule has 6 heteroatoms. The number of rotatable bonds is 4. The van der Waals surface area contributed by atoms with Gasteiger partial charge in [0, 0.05) is 31.2 Å². The van der Waals surface area contributed by atoms with Crippen LogP contribution < -0.4 is 11.1 Å². The Bertz CT molecular complexity index is 344. The number of carbonyl (C=O) groups is 1. The van der Waals surface area contributed by atoms with Gasteiger partial charge >= 0.3 is 6.09 Å². The second kappa shape index (κ2) is 7.42. The first kappa shape index (κ1) is 18.2. The molecule has 4 atom stereocenters. The summed E-state index contributed by atoms with van der Waals surface area (Å²) >= 11 is 0. The van der Waals surface area contributed by atoms with E-state index in [4.69, 9.17) is 15.2 Å². The first-order valence-electron chi connectivity index (χ1n) is 7.71. The number of alkyl carbamates (subject to hydrolysis) is 1. The number of nitrogens with zero attached hydrogens (tertiary/aromatic N) is 1. The highest BCUT2D eigenvalue weighted by Crippen LogP contribution is 2.17. The normalized spacial score (nSPS) is 27.0. The number of ether oxygens (including phenoxy) is 2. The van der Waals surface area contributed by atoms with Crippen molar-refractivity contribution in [2.45, 2.75) is 71.4 Å². The highest BCUT2D eigenvalue weighted by atomic mass is 16.6. The summed E-state index contributed by atoms with van der Waals surface area (Å²) in [5.74, 6) is 0. The molecule has 21 heavy (non-hydrogen) atoms. The van der Waals surface area contributed by atoms with Crippen LogP contribution in [0.15, 0.2) is 0 Å². The minimum absolute atomic E-state index is 0.0684.